The Morgan fingerprint density at radius 1 is 0.393 bits per heavy atom. The molecule has 32 N–H and O–H groups in total. The molecule has 788 valence electrons. The van der Waals surface area contributed by atoms with Crippen molar-refractivity contribution >= 4 is 135 Å². The molecule has 34 atom stereocenters. The molecule has 0 aliphatic carbocycles. The molecule has 74 nitrogen and oxygen atoms in total. The highest BCUT2D eigenvalue weighted by atomic mass is 32.7. The smallest absolute Gasteiger partial charge is 0.400 e. The van der Waals surface area contributed by atoms with Gasteiger partial charge in [-0.1, -0.05) is 12.2 Å². The summed E-state index contributed by atoms with van der Waals surface area (Å²) in [7, 11) is -42.0. The van der Waals surface area contributed by atoms with Gasteiger partial charge in [0.15, 0.2) is 60.4 Å². The number of fused-ring (bicyclic) bond motifs is 2. The van der Waals surface area contributed by atoms with Crippen LogP contribution in [0.1, 0.15) is 31.1 Å². The zero-order valence-electron chi connectivity index (χ0n) is 69.0. The number of H-pyrrole nitrogens is 3. The molecular weight excluding hydrogens is 2170 g/mol. The molecule has 6 saturated heterocycles. The summed E-state index contributed by atoms with van der Waals surface area (Å²) in [4.78, 5) is 193. The third-order valence-electron chi connectivity index (χ3n) is 18.6. The van der Waals surface area contributed by atoms with E-state index < -0.39 is 303 Å². The summed E-state index contributed by atoms with van der Waals surface area (Å²) >= 11 is 7.22. The Labute approximate surface area is 783 Å². The van der Waals surface area contributed by atoms with E-state index in [9.17, 15) is 170 Å². The van der Waals surface area contributed by atoms with Gasteiger partial charge in [0.2, 0.25) is 0 Å². The summed E-state index contributed by atoms with van der Waals surface area (Å²) in [5, 5.41) is 147. The van der Waals surface area contributed by atoms with E-state index in [2.05, 4.69) is 102 Å². The lowest BCUT2D eigenvalue weighted by molar-refractivity contribution is -0.280. The number of nitrogens with zero attached hydrogens (tertiary/aromatic N) is 11. The maximum absolute atomic E-state index is 12.4. The largest absolute Gasteiger partial charge is 0.706 e. The molecule has 10 unspecified atom stereocenters. The molecule has 6 aliphatic heterocycles. The van der Waals surface area contributed by atoms with Gasteiger partial charge in [-0.25, -0.2) is 80.8 Å². The second-order valence-corrected chi connectivity index (χ2v) is 45.5. The van der Waals surface area contributed by atoms with Gasteiger partial charge in [-0.3, -0.25) is 74.8 Å². The number of nitrogen functional groups attached to an aromatic ring is 2. The first-order valence-electron chi connectivity index (χ1n) is 37.5. The lowest BCUT2D eigenvalue weighted by atomic mass is 10.00. The molecule has 0 spiro atoms. The second kappa shape index (κ2) is 47.9. The number of hydrogen-bond acceptors (Lipinski definition) is 57. The van der Waals surface area contributed by atoms with E-state index in [0.717, 1.165) is 70.3 Å². The van der Waals surface area contributed by atoms with E-state index in [0.29, 0.717) is 10.1 Å². The van der Waals surface area contributed by atoms with Crippen LogP contribution in [0.25, 0.3) is 22.3 Å². The summed E-state index contributed by atoms with van der Waals surface area (Å²) in [5.41, 5.74) is 6.95. The Hall–Kier alpha value is -6.04. The maximum atomic E-state index is 12.4. The van der Waals surface area contributed by atoms with E-state index in [-0.39, 0.29) is 28.4 Å². The number of thiol groups is 1. The Morgan fingerprint density at radius 2 is 0.679 bits per heavy atom. The quantitative estimate of drug-likeness (QED) is 0.0130. The second-order valence-electron chi connectivity index (χ2n) is 28.2. The Balaban J connectivity index is 0.000000216. The highest BCUT2D eigenvalue weighted by Gasteiger charge is 2.55. The van der Waals surface area contributed by atoms with Crippen LogP contribution >= 0.6 is 88.8 Å². The SMILES string of the molecule is CO.Nc1ncnc2c1ncn2[C@@H]1O[C@H](COP(=O)(O)OP(=O)(O)OP(=O)(O)OP(=O)(O)OCC2O[C@@H](n3ccc(=O)[nH]c3=O)[C@H](O)[C@@H]2O)[C@@H](O)[C@H]1O.Nc1ncnc2c1ncn2[C@@H]1O[C@H](CO[P+](=O)OP(O)(O)=S)[C@@H](O)[C@H]1O.O=c1ccn([C@@H]2O[C@H](COP(=O)(O)OP(=O)(O)O[C@H]3O[C@H](CO)[C@@H](O)[C@H](O)[C@H]3O)[C@@H](O)[C@H]2O)c(=O)[nH]1.O=c1ccn([C@@H]2O[C@H](COP(=O)(O)OP(=O)(O)S)[C@@H](O)[C@H]2O)c(=O)[nH]1. The van der Waals surface area contributed by atoms with Crippen LogP contribution in [-0.4, -0.2) is 362 Å². The lowest BCUT2D eigenvalue weighted by Crippen LogP contribution is -2.58. The summed E-state index contributed by atoms with van der Waals surface area (Å²) in [6.07, 6.45) is -33.5. The van der Waals surface area contributed by atoms with Crippen molar-refractivity contribution in [2.75, 3.05) is 58.2 Å². The van der Waals surface area contributed by atoms with Crippen LogP contribution in [0.3, 0.4) is 0 Å². The number of aromatic amines is 3. The van der Waals surface area contributed by atoms with Crippen LogP contribution in [0.2, 0.25) is 0 Å². The zero-order valence-corrected chi connectivity index (χ0v) is 79.7. The van der Waals surface area contributed by atoms with E-state index in [1.807, 2.05) is 15.0 Å². The molecule has 0 aromatic carbocycles. The number of anilines is 2. The van der Waals surface area contributed by atoms with Crippen molar-refractivity contribution in [2.45, 2.75) is 153 Å². The standard InChI is InChI=1S/C19H27N7O21P4.C15H24N2O17P2.C10H13N5O8P2S.C9H14N2O11P2S.CH4O/c20-15-10-16(22-5-21-15)26(6-23-10)18-14(31)12(29)8(44-18)4-42-49(35,36)46-51(39,40)47-50(37,38)45-48(33,34)41-3-7-11(28)13(30)17(43-7)25-2-1-9(27)24-19(25)32;18-3-5-8(20)10(22)12(24)14(32-5)33-36(28,29)34-35(26,27)30-4-6-9(21)11(23)13(31-6)17-2-1-7(19)16-15(17)25;11-8-5-9(13-2-12-8)15(3-14-5)10-7(17)6(16)4(22-10)1-21-24(18)23-25(19,20)26;12-5-1-2-11(9(15)10-5)8-7(14)6(13)4(21-8)3-20-23(16,17)22-24(18,19)25;1-2/h1-2,5-8,11-14,17-18,28-31H,3-4H2,(H,33,34)(H,35,36)(H,37,38)(H,39,40)(H2,20,21,22)(H,24,27,32);1-2,5-6,8-14,18,20-24H,3-4H2,(H,26,27)(H,28,29)(H,16,19,25);2-4,6-7,10,16-17H,1H2,(H3-,11,12,13,19,20,26);1-2,4,6-8,13-14H,3H2,(H,16,17)(H,10,12,15)(H2,18,19,25);2H,1H3/p+1/t7?,8-,11-,12-,13-,14-,17-,18-;5-,6-,8-,9-,10+,11-,12-,13-,14-;4-,6-,7-,10-;4-,6-,7-,8-;/m1111./s1. The van der Waals surface area contributed by atoms with Gasteiger partial charge in [-0.05, 0) is 16.1 Å². The Morgan fingerprint density at radius 3 is 0.979 bits per heavy atom. The van der Waals surface area contributed by atoms with Crippen molar-refractivity contribution in [2.24, 2.45) is 0 Å². The third kappa shape index (κ3) is 31.1. The summed E-state index contributed by atoms with van der Waals surface area (Å²) in [6.45, 7) is -14.3. The van der Waals surface area contributed by atoms with Crippen LogP contribution < -0.4 is 45.2 Å². The first-order chi connectivity index (χ1) is 64.8. The van der Waals surface area contributed by atoms with E-state index in [1.165, 1.54) is 17.2 Å². The fourth-order valence-corrected chi connectivity index (χ4v) is 23.7. The van der Waals surface area contributed by atoms with Crippen molar-refractivity contribution in [1.82, 2.24) is 67.7 Å². The minimum absolute atomic E-state index is 0.0228. The van der Waals surface area contributed by atoms with Gasteiger partial charge in [0.05, 0.1) is 45.7 Å². The minimum atomic E-state index is -6.22. The monoisotopic (exact) mass is 2260 g/mol. The van der Waals surface area contributed by atoms with E-state index in [4.69, 9.17) is 69.3 Å². The van der Waals surface area contributed by atoms with Crippen molar-refractivity contribution in [3.05, 3.63) is 125 Å². The lowest BCUT2D eigenvalue weighted by Gasteiger charge is -2.39. The molecule has 0 saturated carbocycles. The normalized spacial score (nSPS) is 32.0. The number of phosphoric ester groups is 5. The number of aliphatic hydroxyl groups excluding tert-OH is 15. The molecule has 140 heavy (non-hydrogen) atoms. The van der Waals surface area contributed by atoms with Crippen molar-refractivity contribution in [1.29, 1.82) is 0 Å². The number of rotatable bonds is 35. The topological polar surface area (TPSA) is 1130 Å². The summed E-state index contributed by atoms with van der Waals surface area (Å²) in [6, 6.07) is 2.79. The van der Waals surface area contributed by atoms with Crippen molar-refractivity contribution in [3.63, 3.8) is 0 Å². The summed E-state index contributed by atoms with van der Waals surface area (Å²) in [5.74, 6) is 0.116. The first kappa shape index (κ1) is 118. The average molecular weight is 2260 g/mol. The van der Waals surface area contributed by atoms with Crippen LogP contribution in [-0.2, 0) is 134 Å². The number of ether oxygens (including phenoxy) is 6. The van der Waals surface area contributed by atoms with Crippen molar-refractivity contribution in [3.8, 4) is 0 Å². The van der Waals surface area contributed by atoms with Crippen LogP contribution in [0.4, 0.5) is 11.6 Å². The zero-order chi connectivity index (χ0) is 105. The number of imidazole rings is 2. The van der Waals surface area contributed by atoms with Gasteiger partial charge in [0, 0.05) is 48.5 Å². The van der Waals surface area contributed by atoms with Crippen LogP contribution in [0.5, 0.6) is 0 Å². The first-order valence-corrected chi connectivity index (χ1v) is 54.4. The Bertz CT molecular complexity index is 6350. The molecule has 13 heterocycles. The van der Waals surface area contributed by atoms with Crippen LogP contribution in [0.15, 0.2) is 90.9 Å². The minimum Gasteiger partial charge on any atom is -0.400 e. The maximum Gasteiger partial charge on any atom is 0.706 e. The molecule has 0 amide bonds. The fourth-order valence-electron chi connectivity index (χ4n) is 12.5. The highest BCUT2D eigenvalue weighted by Crippen LogP contribution is 2.72. The predicted octanol–water partition coefficient (Wildman–Crippen LogP) is -11.3. The van der Waals surface area contributed by atoms with E-state index >= 15 is 0 Å². The number of phosphoric acid groups is 7. The molecule has 7 aromatic heterocycles. The van der Waals surface area contributed by atoms with Gasteiger partial charge < -0.3 is 165 Å². The number of aromatic nitrogens is 14. The van der Waals surface area contributed by atoms with Gasteiger partial charge >= 0.3 is 93.6 Å². The molecular formula is C54H83N16O58P10S2+. The van der Waals surface area contributed by atoms with Crippen molar-refractivity contribution < 1.29 is 248 Å². The predicted molar refractivity (Wildman–Crippen MR) is 446 cm³/mol. The van der Waals surface area contributed by atoms with Gasteiger partial charge in [-0.15, -0.1) is 4.52 Å². The third-order valence-corrected chi connectivity index (χ3v) is 32.3. The molecule has 6 fully saturated rings. The Kier molecular flexibility index (Phi) is 40.2. The molecule has 6 aliphatic rings. The van der Waals surface area contributed by atoms with E-state index in [1.54, 1.807) is 0 Å². The van der Waals surface area contributed by atoms with Gasteiger partial charge in [0.1, 0.15) is 146 Å². The van der Waals surface area contributed by atoms with Gasteiger partial charge in [0.25, 0.3) is 16.7 Å². The van der Waals surface area contributed by atoms with Crippen LogP contribution in [0, 0.1) is 0 Å². The number of nitrogens with two attached hydrogens (primary N) is 2. The molecule has 0 radical (unpaired) electrons. The molecule has 86 heteroatoms. The number of hydrogen-bond donors (Lipinski definition) is 31. The molecule has 13 rings (SSSR count). The number of nitrogens with one attached hydrogen (secondary N) is 3. The molecule has 7 aromatic rings. The summed E-state index contributed by atoms with van der Waals surface area (Å²) < 4.78 is 194. The van der Waals surface area contributed by atoms with Gasteiger partial charge in [-0.2, -0.15) is 21.6 Å². The average Bonchev–Trinajstić information content (AvgIpc) is 1.64. The highest BCUT2D eigenvalue weighted by molar-refractivity contribution is 8.44. The fraction of sp³-hybridized carbons (Fsp3) is 0.593. The number of aliphatic hydroxyl groups is 15. The molecule has 0 bridgehead atoms.